The van der Waals surface area contributed by atoms with E-state index in [9.17, 15) is 30.0 Å². The first-order valence-electron chi connectivity index (χ1n) is 12.3. The van der Waals surface area contributed by atoms with Crippen LogP contribution in [0.3, 0.4) is 0 Å². The van der Waals surface area contributed by atoms with E-state index in [0.717, 1.165) is 11.8 Å². The lowest BCUT2D eigenvalue weighted by molar-refractivity contribution is -0.124. The van der Waals surface area contributed by atoms with Gasteiger partial charge in [0.2, 0.25) is 11.8 Å². The van der Waals surface area contributed by atoms with Gasteiger partial charge in [0.25, 0.3) is 0 Å². The Balaban J connectivity index is 1.88. The summed E-state index contributed by atoms with van der Waals surface area (Å²) in [6.45, 7) is 2.00. The molecule has 1 fully saturated rings. The van der Waals surface area contributed by atoms with Crippen molar-refractivity contribution < 1.29 is 24.6 Å². The standard InChI is InChI=1S/C26H29N7O5S/c1-2-17-18(12-27)23(33-10-8-16(9-11-33)30-24(36)20(14-34)31-26(37)38)32-25(19(17)13-28)39-21(22(29)35)15-6-4-3-5-7-15/h3-7,16,20-21,31,34H,2,8-11,14H2,1H3,(H2,29,35)(H,30,36)(H,37,38). The first kappa shape index (κ1) is 29.2. The fourth-order valence-electron chi connectivity index (χ4n) is 4.41. The number of piperidine rings is 1. The van der Waals surface area contributed by atoms with Crippen molar-refractivity contribution in [1.82, 2.24) is 15.6 Å². The number of hydrogen-bond donors (Lipinski definition) is 5. The van der Waals surface area contributed by atoms with Crippen LogP contribution in [0.25, 0.3) is 0 Å². The molecule has 0 saturated carbocycles. The zero-order valence-electron chi connectivity index (χ0n) is 21.3. The molecule has 0 radical (unpaired) electrons. The minimum atomic E-state index is -1.42. The molecule has 3 amide bonds. The number of aromatic nitrogens is 1. The van der Waals surface area contributed by atoms with Crippen LogP contribution in [-0.2, 0) is 16.0 Å². The summed E-state index contributed by atoms with van der Waals surface area (Å²) in [6, 6.07) is 11.7. The highest BCUT2D eigenvalue weighted by Gasteiger charge is 2.30. The van der Waals surface area contributed by atoms with E-state index in [1.54, 1.807) is 24.3 Å². The molecule has 0 aliphatic carbocycles. The van der Waals surface area contributed by atoms with Crippen molar-refractivity contribution in [2.75, 3.05) is 24.6 Å². The Morgan fingerprint density at radius 1 is 1.18 bits per heavy atom. The van der Waals surface area contributed by atoms with Crippen molar-refractivity contribution in [3.8, 4) is 12.1 Å². The SMILES string of the molecule is CCc1c(C#N)c(SC(C(N)=O)c2ccccc2)nc(N2CCC(NC(=O)C(CO)NC(=O)O)CC2)c1C#N. The Hall–Kier alpha value is -4.33. The quantitative estimate of drug-likeness (QED) is 0.268. The first-order valence-corrected chi connectivity index (χ1v) is 13.2. The van der Waals surface area contributed by atoms with E-state index in [2.05, 4.69) is 17.5 Å². The normalized spacial score (nSPS) is 14.9. The van der Waals surface area contributed by atoms with E-state index in [1.165, 1.54) is 0 Å². The third kappa shape index (κ3) is 6.96. The van der Waals surface area contributed by atoms with Crippen LogP contribution in [0.4, 0.5) is 10.6 Å². The average molecular weight is 552 g/mol. The van der Waals surface area contributed by atoms with Crippen LogP contribution < -0.4 is 21.3 Å². The number of primary amides is 1. The molecule has 1 aliphatic rings. The predicted molar refractivity (Wildman–Crippen MR) is 143 cm³/mol. The fourth-order valence-corrected chi connectivity index (χ4v) is 5.47. The molecule has 1 aromatic heterocycles. The molecule has 3 rings (SSSR count). The van der Waals surface area contributed by atoms with Gasteiger partial charge in [-0.2, -0.15) is 10.5 Å². The second-order valence-corrected chi connectivity index (χ2v) is 9.91. The zero-order chi connectivity index (χ0) is 28.5. The zero-order valence-corrected chi connectivity index (χ0v) is 22.1. The van der Waals surface area contributed by atoms with Crippen molar-refractivity contribution in [2.45, 2.75) is 48.5 Å². The molecule has 1 aliphatic heterocycles. The summed E-state index contributed by atoms with van der Waals surface area (Å²) in [6.07, 6.45) is -0.0725. The van der Waals surface area contributed by atoms with Crippen molar-refractivity contribution in [2.24, 2.45) is 5.73 Å². The molecule has 0 spiro atoms. The minimum Gasteiger partial charge on any atom is -0.465 e. The topological polar surface area (TPSA) is 205 Å². The number of nitriles is 2. The number of nitrogens with one attached hydrogen (secondary N) is 2. The molecule has 1 aromatic carbocycles. The highest BCUT2D eigenvalue weighted by atomic mass is 32.2. The van der Waals surface area contributed by atoms with Crippen LogP contribution in [-0.4, -0.2) is 64.9 Å². The lowest BCUT2D eigenvalue weighted by Crippen LogP contribution is -2.53. The van der Waals surface area contributed by atoms with Crippen molar-refractivity contribution in [1.29, 1.82) is 10.5 Å². The molecule has 13 heteroatoms. The average Bonchev–Trinajstić information content (AvgIpc) is 2.94. The van der Waals surface area contributed by atoms with Gasteiger partial charge in [-0.15, -0.1) is 0 Å². The molecule has 2 atom stereocenters. The van der Waals surface area contributed by atoms with E-state index in [-0.39, 0.29) is 17.2 Å². The number of carbonyl (C=O) groups is 3. The molecule has 204 valence electrons. The summed E-state index contributed by atoms with van der Waals surface area (Å²) >= 11 is 1.07. The third-order valence-electron chi connectivity index (χ3n) is 6.35. The first-order chi connectivity index (χ1) is 18.7. The molecule has 1 saturated heterocycles. The monoisotopic (exact) mass is 551 g/mol. The maximum atomic E-state index is 12.4. The summed E-state index contributed by atoms with van der Waals surface area (Å²) in [5.74, 6) is -0.827. The van der Waals surface area contributed by atoms with Crippen LogP contribution in [0.2, 0.25) is 0 Å². The molecule has 0 bridgehead atoms. The van der Waals surface area contributed by atoms with Gasteiger partial charge < -0.3 is 31.5 Å². The van der Waals surface area contributed by atoms with Gasteiger partial charge in [0.15, 0.2) is 0 Å². The van der Waals surface area contributed by atoms with Gasteiger partial charge >= 0.3 is 6.09 Å². The smallest absolute Gasteiger partial charge is 0.405 e. The van der Waals surface area contributed by atoms with Gasteiger partial charge in [0.1, 0.15) is 34.3 Å². The number of carboxylic acid groups (broad SMARTS) is 1. The second-order valence-electron chi connectivity index (χ2n) is 8.81. The summed E-state index contributed by atoms with van der Waals surface area (Å²) in [5.41, 5.74) is 7.42. The van der Waals surface area contributed by atoms with Crippen LogP contribution in [0.5, 0.6) is 0 Å². The molecule has 2 aromatic rings. The fraction of sp³-hybridized carbons (Fsp3) is 0.385. The number of hydrogen-bond acceptors (Lipinski definition) is 9. The van der Waals surface area contributed by atoms with E-state index < -0.39 is 35.8 Å². The number of pyridine rings is 1. The van der Waals surface area contributed by atoms with Gasteiger partial charge in [0, 0.05) is 19.1 Å². The number of nitrogens with two attached hydrogens (primary N) is 1. The number of nitrogens with zero attached hydrogens (tertiary/aromatic N) is 4. The maximum Gasteiger partial charge on any atom is 0.405 e. The van der Waals surface area contributed by atoms with Crippen molar-refractivity contribution in [3.63, 3.8) is 0 Å². The maximum absolute atomic E-state index is 12.4. The van der Waals surface area contributed by atoms with Crippen molar-refractivity contribution in [3.05, 3.63) is 52.6 Å². The lowest BCUT2D eigenvalue weighted by Gasteiger charge is -2.34. The van der Waals surface area contributed by atoms with Crippen LogP contribution in [0, 0.1) is 22.7 Å². The molecule has 6 N–H and O–H groups in total. The second kappa shape index (κ2) is 13.5. The number of benzene rings is 1. The molecule has 12 nitrogen and oxygen atoms in total. The lowest BCUT2D eigenvalue weighted by atomic mass is 9.99. The van der Waals surface area contributed by atoms with Crippen LogP contribution >= 0.6 is 11.8 Å². The van der Waals surface area contributed by atoms with E-state index >= 15 is 0 Å². The molecular formula is C26H29N7O5S. The van der Waals surface area contributed by atoms with Gasteiger partial charge in [0.05, 0.1) is 17.7 Å². The van der Waals surface area contributed by atoms with E-state index in [0.29, 0.717) is 54.3 Å². The summed E-state index contributed by atoms with van der Waals surface area (Å²) in [7, 11) is 0. The Labute approximate surface area is 229 Å². The van der Waals surface area contributed by atoms with Crippen LogP contribution in [0.15, 0.2) is 35.4 Å². The Kier molecular flexibility index (Phi) is 10.1. The summed E-state index contributed by atoms with van der Waals surface area (Å²) in [4.78, 5) is 42.2. The van der Waals surface area contributed by atoms with E-state index in [1.807, 2.05) is 23.2 Å². The highest BCUT2D eigenvalue weighted by molar-refractivity contribution is 8.00. The highest BCUT2D eigenvalue weighted by Crippen LogP contribution is 2.39. The number of amides is 3. The number of rotatable bonds is 10. The van der Waals surface area contributed by atoms with Crippen LogP contribution in [0.1, 0.15) is 47.3 Å². The number of thioether (sulfide) groups is 1. The number of aliphatic hydroxyl groups excluding tert-OH is 1. The van der Waals surface area contributed by atoms with Gasteiger partial charge in [-0.3, -0.25) is 9.59 Å². The summed E-state index contributed by atoms with van der Waals surface area (Å²) < 4.78 is 0. The van der Waals surface area contributed by atoms with Gasteiger partial charge in [-0.05, 0) is 30.4 Å². The van der Waals surface area contributed by atoms with Gasteiger partial charge in [-0.1, -0.05) is 49.0 Å². The third-order valence-corrected chi connectivity index (χ3v) is 7.61. The van der Waals surface area contributed by atoms with Gasteiger partial charge in [-0.25, -0.2) is 9.78 Å². The predicted octanol–water partition coefficient (Wildman–Crippen LogP) is 1.42. The Bertz CT molecular complexity index is 1300. The Morgan fingerprint density at radius 3 is 2.33 bits per heavy atom. The minimum absolute atomic E-state index is 0.230. The molecule has 2 heterocycles. The Morgan fingerprint density at radius 2 is 1.82 bits per heavy atom. The number of anilines is 1. The molecule has 39 heavy (non-hydrogen) atoms. The summed E-state index contributed by atoms with van der Waals surface area (Å²) in [5, 5.41) is 42.4. The van der Waals surface area contributed by atoms with E-state index in [4.69, 9.17) is 15.8 Å². The van der Waals surface area contributed by atoms with Crippen molar-refractivity contribution >= 4 is 35.5 Å². The molecular weight excluding hydrogens is 522 g/mol. The number of carbonyl (C=O) groups excluding carboxylic acids is 2. The number of aliphatic hydroxyl groups is 1. The molecule has 2 unspecified atom stereocenters. The largest absolute Gasteiger partial charge is 0.465 e.